The normalized spacial score (nSPS) is 26.7. The summed E-state index contributed by atoms with van der Waals surface area (Å²) in [5.74, 6) is 0.860. The molecule has 1 saturated carbocycles. The Bertz CT molecular complexity index is 415. The van der Waals surface area contributed by atoms with Gasteiger partial charge in [-0.1, -0.05) is 26.7 Å². The highest BCUT2D eigenvalue weighted by Crippen LogP contribution is 2.36. The molecule has 0 saturated heterocycles. The van der Waals surface area contributed by atoms with Crippen LogP contribution in [0.3, 0.4) is 0 Å². The topological polar surface area (TPSA) is 29.3 Å². The molecule has 0 bridgehead atoms. The second kappa shape index (κ2) is 7.06. The minimum atomic E-state index is 0.231. The van der Waals surface area contributed by atoms with Gasteiger partial charge in [0, 0.05) is 17.0 Å². The van der Waals surface area contributed by atoms with Crippen molar-refractivity contribution in [2.45, 2.75) is 71.0 Å². The summed E-state index contributed by atoms with van der Waals surface area (Å²) in [6.07, 6.45) is 6.46. The molecule has 1 fully saturated rings. The Morgan fingerprint density at radius 3 is 2.75 bits per heavy atom. The average Bonchev–Trinajstić information content (AvgIpc) is 2.85. The summed E-state index contributed by atoms with van der Waals surface area (Å²) < 4.78 is 0. The maximum Gasteiger partial charge on any atom is 0.0595 e. The summed E-state index contributed by atoms with van der Waals surface area (Å²) in [6, 6.07) is 3.54. The molecule has 4 unspecified atom stereocenters. The van der Waals surface area contributed by atoms with Crippen molar-refractivity contribution in [3.05, 3.63) is 21.9 Å². The van der Waals surface area contributed by atoms with E-state index in [0.717, 1.165) is 12.3 Å². The van der Waals surface area contributed by atoms with Crippen molar-refractivity contribution in [1.82, 2.24) is 4.90 Å². The van der Waals surface area contributed by atoms with E-state index in [1.165, 1.54) is 36.1 Å². The second-order valence-electron chi connectivity index (χ2n) is 6.58. The van der Waals surface area contributed by atoms with Gasteiger partial charge in [-0.2, -0.15) is 0 Å². The molecule has 2 rings (SSSR count). The van der Waals surface area contributed by atoms with Crippen LogP contribution in [0.5, 0.6) is 0 Å². The van der Waals surface area contributed by atoms with E-state index in [1.54, 1.807) is 0 Å². The molecule has 1 heterocycles. The number of thiophene rings is 1. The number of aryl methyl sites for hydroxylation is 1. The SMILES string of the molecule is CCC(N)C(c1sccc1C)N(C)C1CCCC(C)C1. The van der Waals surface area contributed by atoms with Gasteiger partial charge in [0.15, 0.2) is 0 Å². The van der Waals surface area contributed by atoms with Crippen molar-refractivity contribution in [2.75, 3.05) is 7.05 Å². The van der Waals surface area contributed by atoms with Gasteiger partial charge in [-0.25, -0.2) is 0 Å². The van der Waals surface area contributed by atoms with Gasteiger partial charge in [0.1, 0.15) is 0 Å². The second-order valence-corrected chi connectivity index (χ2v) is 7.52. The van der Waals surface area contributed by atoms with E-state index in [2.05, 4.69) is 44.2 Å². The molecule has 20 heavy (non-hydrogen) atoms. The predicted molar refractivity (Wildman–Crippen MR) is 89.2 cm³/mol. The third kappa shape index (κ3) is 3.44. The van der Waals surface area contributed by atoms with E-state index in [4.69, 9.17) is 5.73 Å². The van der Waals surface area contributed by atoms with Gasteiger partial charge in [-0.15, -0.1) is 11.3 Å². The Morgan fingerprint density at radius 2 is 2.20 bits per heavy atom. The molecule has 114 valence electrons. The first kappa shape index (κ1) is 16.0. The number of likely N-dealkylation sites (N-methyl/N-ethyl adjacent to an activating group) is 1. The first-order chi connectivity index (χ1) is 9.54. The van der Waals surface area contributed by atoms with Crippen molar-refractivity contribution in [1.29, 1.82) is 0 Å². The van der Waals surface area contributed by atoms with Gasteiger partial charge < -0.3 is 5.73 Å². The highest BCUT2D eigenvalue weighted by atomic mass is 32.1. The van der Waals surface area contributed by atoms with Crippen molar-refractivity contribution in [3.8, 4) is 0 Å². The number of hydrogen-bond acceptors (Lipinski definition) is 3. The number of hydrogen-bond donors (Lipinski definition) is 1. The molecule has 0 spiro atoms. The Labute approximate surface area is 128 Å². The quantitative estimate of drug-likeness (QED) is 0.875. The van der Waals surface area contributed by atoms with Crippen LogP contribution in [-0.4, -0.2) is 24.0 Å². The smallest absolute Gasteiger partial charge is 0.0595 e. The van der Waals surface area contributed by atoms with Gasteiger partial charge in [0.2, 0.25) is 0 Å². The fourth-order valence-corrected chi connectivity index (χ4v) is 4.74. The van der Waals surface area contributed by atoms with Gasteiger partial charge in [0.05, 0.1) is 6.04 Å². The maximum absolute atomic E-state index is 6.48. The van der Waals surface area contributed by atoms with Crippen LogP contribution in [0.4, 0.5) is 0 Å². The molecule has 0 radical (unpaired) electrons. The molecular weight excluding hydrogens is 264 g/mol. The summed E-state index contributed by atoms with van der Waals surface area (Å²) in [7, 11) is 2.29. The van der Waals surface area contributed by atoms with Crippen LogP contribution in [0.1, 0.15) is 62.4 Å². The van der Waals surface area contributed by atoms with E-state index in [9.17, 15) is 0 Å². The van der Waals surface area contributed by atoms with Crippen LogP contribution in [-0.2, 0) is 0 Å². The fourth-order valence-electron chi connectivity index (χ4n) is 3.59. The number of nitrogens with two attached hydrogens (primary N) is 1. The molecular formula is C17H30N2S. The van der Waals surface area contributed by atoms with E-state index in [-0.39, 0.29) is 6.04 Å². The van der Waals surface area contributed by atoms with Crippen LogP contribution >= 0.6 is 11.3 Å². The third-order valence-electron chi connectivity index (χ3n) is 4.97. The van der Waals surface area contributed by atoms with Crippen LogP contribution < -0.4 is 5.73 Å². The van der Waals surface area contributed by atoms with Gasteiger partial charge in [-0.3, -0.25) is 4.90 Å². The average molecular weight is 295 g/mol. The molecule has 4 atom stereocenters. The molecule has 2 nitrogen and oxygen atoms in total. The molecule has 1 aromatic rings. The third-order valence-corrected chi connectivity index (χ3v) is 6.06. The molecule has 1 aliphatic carbocycles. The lowest BCUT2D eigenvalue weighted by atomic mass is 9.85. The lowest BCUT2D eigenvalue weighted by molar-refractivity contribution is 0.104. The first-order valence-corrected chi connectivity index (χ1v) is 8.94. The maximum atomic E-state index is 6.48. The van der Waals surface area contributed by atoms with Crippen molar-refractivity contribution >= 4 is 11.3 Å². The highest BCUT2D eigenvalue weighted by Gasteiger charge is 2.32. The summed E-state index contributed by atoms with van der Waals surface area (Å²) in [5, 5.41) is 2.21. The van der Waals surface area contributed by atoms with E-state index >= 15 is 0 Å². The molecule has 0 amide bonds. The van der Waals surface area contributed by atoms with E-state index < -0.39 is 0 Å². The Hall–Kier alpha value is -0.380. The lowest BCUT2D eigenvalue weighted by Gasteiger charge is -2.41. The van der Waals surface area contributed by atoms with Gasteiger partial charge in [0.25, 0.3) is 0 Å². The standard InChI is InChI=1S/C17H30N2S/c1-5-15(18)16(17-13(3)9-10-20-17)19(4)14-8-6-7-12(2)11-14/h9-10,12,14-16H,5-8,11,18H2,1-4H3. The van der Waals surface area contributed by atoms with Crippen molar-refractivity contribution in [3.63, 3.8) is 0 Å². The zero-order chi connectivity index (χ0) is 14.7. The minimum Gasteiger partial charge on any atom is -0.326 e. The molecule has 0 aromatic carbocycles. The molecule has 1 aliphatic rings. The van der Waals surface area contributed by atoms with Crippen LogP contribution in [0, 0.1) is 12.8 Å². The zero-order valence-corrected chi connectivity index (χ0v) is 14.2. The van der Waals surface area contributed by atoms with Crippen molar-refractivity contribution < 1.29 is 0 Å². The van der Waals surface area contributed by atoms with Crippen LogP contribution in [0.25, 0.3) is 0 Å². The van der Waals surface area contributed by atoms with Crippen LogP contribution in [0.2, 0.25) is 0 Å². The Balaban J connectivity index is 2.20. The minimum absolute atomic E-state index is 0.231. The summed E-state index contributed by atoms with van der Waals surface area (Å²) in [6.45, 7) is 6.82. The monoisotopic (exact) mass is 294 g/mol. The zero-order valence-electron chi connectivity index (χ0n) is 13.4. The summed E-state index contributed by atoms with van der Waals surface area (Å²) >= 11 is 1.87. The molecule has 2 N–H and O–H groups in total. The fraction of sp³-hybridized carbons (Fsp3) is 0.765. The first-order valence-electron chi connectivity index (χ1n) is 8.06. The van der Waals surface area contributed by atoms with E-state index in [0.29, 0.717) is 12.1 Å². The molecule has 0 aliphatic heterocycles. The van der Waals surface area contributed by atoms with Gasteiger partial charge in [-0.05, 0) is 56.2 Å². The molecule has 3 heteroatoms. The van der Waals surface area contributed by atoms with E-state index in [1.807, 2.05) is 11.3 Å². The molecule has 1 aromatic heterocycles. The highest BCUT2D eigenvalue weighted by molar-refractivity contribution is 7.10. The van der Waals surface area contributed by atoms with Crippen molar-refractivity contribution in [2.24, 2.45) is 11.7 Å². The van der Waals surface area contributed by atoms with Gasteiger partial charge >= 0.3 is 0 Å². The number of nitrogens with zero attached hydrogens (tertiary/aromatic N) is 1. The predicted octanol–water partition coefficient (Wildman–Crippen LogP) is 4.35. The summed E-state index contributed by atoms with van der Waals surface area (Å²) in [4.78, 5) is 4.06. The Morgan fingerprint density at radius 1 is 1.45 bits per heavy atom. The Kier molecular flexibility index (Phi) is 5.65. The largest absolute Gasteiger partial charge is 0.326 e. The lowest BCUT2D eigenvalue weighted by Crippen LogP contribution is -2.45. The number of rotatable bonds is 5. The summed E-state index contributed by atoms with van der Waals surface area (Å²) in [5.41, 5.74) is 7.89. The van der Waals surface area contributed by atoms with Crippen LogP contribution in [0.15, 0.2) is 11.4 Å².